The van der Waals surface area contributed by atoms with Gasteiger partial charge in [0.05, 0.1) is 26.1 Å². The van der Waals surface area contributed by atoms with E-state index < -0.39 is 0 Å². The second kappa shape index (κ2) is 21.9. The molecule has 0 atom stereocenters. The molecule has 0 saturated carbocycles. The third-order valence-corrected chi connectivity index (χ3v) is 5.90. The van der Waals surface area contributed by atoms with Gasteiger partial charge in [0, 0.05) is 30.4 Å². The van der Waals surface area contributed by atoms with Gasteiger partial charge < -0.3 is 20.5 Å². The van der Waals surface area contributed by atoms with Crippen LogP contribution in [0.1, 0.15) is 41.5 Å². The van der Waals surface area contributed by atoms with Crippen molar-refractivity contribution in [3.8, 4) is 0 Å². The van der Waals surface area contributed by atoms with Crippen LogP contribution in [0.3, 0.4) is 0 Å². The predicted molar refractivity (Wildman–Crippen MR) is 136 cm³/mol. The lowest BCUT2D eigenvalue weighted by atomic mass is 10.4. The molecule has 2 rings (SSSR count). The lowest BCUT2D eigenvalue weighted by molar-refractivity contribution is -0.143. The van der Waals surface area contributed by atoms with Crippen molar-refractivity contribution in [3.05, 3.63) is 30.0 Å². The van der Waals surface area contributed by atoms with Crippen LogP contribution in [0.4, 0.5) is 0 Å². The Morgan fingerprint density at radius 2 is 1.62 bits per heavy atom. The summed E-state index contributed by atoms with van der Waals surface area (Å²) in [4.78, 5) is 39.3. The van der Waals surface area contributed by atoms with E-state index in [0.717, 1.165) is 20.5 Å². The largest absolute Gasteiger partial charge is 0.466 e. The number of esters is 2. The summed E-state index contributed by atoms with van der Waals surface area (Å²) in [5, 5.41) is 8.35. The molecule has 2 aromatic heterocycles. The van der Waals surface area contributed by atoms with Crippen LogP contribution in [-0.4, -0.2) is 54.5 Å². The molecule has 0 spiro atoms. The molecule has 0 aromatic carbocycles. The van der Waals surface area contributed by atoms with Crippen molar-refractivity contribution in [1.29, 1.82) is 0 Å². The van der Waals surface area contributed by atoms with Crippen LogP contribution in [0, 0.1) is 0 Å². The first kappa shape index (κ1) is 33.2. The van der Waals surface area contributed by atoms with Gasteiger partial charge in [-0.05, 0) is 45.7 Å². The number of nitrogens with one attached hydrogen (secondary N) is 1. The zero-order chi connectivity index (χ0) is 23.5. The lowest BCUT2D eigenvalue weighted by Crippen LogP contribution is -2.18. The van der Waals surface area contributed by atoms with Crippen molar-refractivity contribution < 1.29 is 23.9 Å². The molecular formula is C18H27Br2ClN4O5S2. The number of aromatic nitrogens is 2. The molecule has 0 bridgehead atoms. The van der Waals surface area contributed by atoms with Gasteiger partial charge in [0.1, 0.15) is 14.2 Å². The first-order valence-electron chi connectivity index (χ1n) is 9.24. The number of rotatable bonds is 10. The summed E-state index contributed by atoms with van der Waals surface area (Å²) in [7, 11) is 0. The standard InChI is InChI=1S/C9H13BrN2O2S.C5H11NO2.C4H2BrNOS.ClH/c1-2-14-9(13)3-4-11-5-8-12-7(10)6-15-8;1-2-8-5(7)3-4-6;5-3-2-8-4(1-7)6-3;/h6,11H,2-5H2,1H3;2-4,6H2,1H3;1-2H;1H. The Kier molecular flexibility index (Phi) is 22.7. The number of hydrogen-bond acceptors (Lipinski definition) is 11. The number of hydrogen-bond donors (Lipinski definition) is 2. The van der Waals surface area contributed by atoms with E-state index in [-0.39, 0.29) is 24.3 Å². The zero-order valence-electron chi connectivity index (χ0n) is 17.7. The molecule has 0 aliphatic carbocycles. The molecule has 14 heteroatoms. The highest BCUT2D eigenvalue weighted by Gasteiger charge is 2.02. The quantitative estimate of drug-likeness (QED) is 0.225. The SMILES string of the molecule is CCOC(=O)CCN.CCOC(=O)CCNCc1nc(Br)cs1.Cl.O=Cc1nc(Br)cs1. The van der Waals surface area contributed by atoms with Crippen molar-refractivity contribution in [2.75, 3.05) is 26.3 Å². The second-order valence-electron chi connectivity index (χ2n) is 5.27. The van der Waals surface area contributed by atoms with Crippen LogP contribution in [0.2, 0.25) is 0 Å². The topological polar surface area (TPSA) is 134 Å². The molecule has 0 fully saturated rings. The zero-order valence-corrected chi connectivity index (χ0v) is 23.3. The number of nitrogens with zero attached hydrogens (tertiary/aromatic N) is 2. The fourth-order valence-corrected chi connectivity index (χ4v) is 3.96. The van der Waals surface area contributed by atoms with Gasteiger partial charge >= 0.3 is 11.9 Å². The van der Waals surface area contributed by atoms with Crippen LogP contribution in [0.5, 0.6) is 0 Å². The van der Waals surface area contributed by atoms with Crippen LogP contribution < -0.4 is 11.1 Å². The highest BCUT2D eigenvalue weighted by atomic mass is 79.9. The smallest absolute Gasteiger partial charge is 0.307 e. The molecular weight excluding hydrogens is 612 g/mol. The first-order chi connectivity index (χ1) is 14.9. The third-order valence-electron chi connectivity index (χ3n) is 2.86. The predicted octanol–water partition coefficient (Wildman–Crippen LogP) is 3.99. The van der Waals surface area contributed by atoms with Gasteiger partial charge in [-0.25, -0.2) is 9.97 Å². The van der Waals surface area contributed by atoms with E-state index in [4.69, 9.17) is 10.5 Å². The van der Waals surface area contributed by atoms with Gasteiger partial charge in [-0.3, -0.25) is 14.4 Å². The number of nitrogens with two attached hydrogens (primary N) is 1. The van der Waals surface area contributed by atoms with Gasteiger partial charge in [0.25, 0.3) is 0 Å². The maximum Gasteiger partial charge on any atom is 0.307 e. The molecule has 0 unspecified atom stereocenters. The van der Waals surface area contributed by atoms with Gasteiger partial charge in [0.15, 0.2) is 11.3 Å². The number of thiazole rings is 2. The first-order valence-corrected chi connectivity index (χ1v) is 12.6. The van der Waals surface area contributed by atoms with E-state index in [1.54, 1.807) is 30.6 Å². The summed E-state index contributed by atoms with van der Waals surface area (Å²) in [6.45, 7) is 6.15. The van der Waals surface area contributed by atoms with Crippen molar-refractivity contribution in [3.63, 3.8) is 0 Å². The van der Waals surface area contributed by atoms with Gasteiger partial charge in [0.2, 0.25) is 0 Å². The monoisotopic (exact) mass is 636 g/mol. The molecule has 2 aromatic rings. The number of carbonyl (C=O) groups excluding carboxylic acids is 3. The van der Waals surface area contributed by atoms with Crippen molar-refractivity contribution in [1.82, 2.24) is 15.3 Å². The number of carbonyl (C=O) groups is 3. The molecule has 182 valence electrons. The van der Waals surface area contributed by atoms with E-state index in [9.17, 15) is 14.4 Å². The highest BCUT2D eigenvalue weighted by molar-refractivity contribution is 9.10. The van der Waals surface area contributed by atoms with Gasteiger partial charge in [-0.2, -0.15) is 0 Å². The van der Waals surface area contributed by atoms with Crippen molar-refractivity contribution in [2.24, 2.45) is 5.73 Å². The van der Waals surface area contributed by atoms with Crippen LogP contribution in [-0.2, 0) is 25.6 Å². The van der Waals surface area contributed by atoms with Crippen molar-refractivity contribution in [2.45, 2.75) is 33.2 Å². The number of ether oxygens (including phenoxy) is 2. The molecule has 0 aliphatic rings. The number of halogens is 3. The summed E-state index contributed by atoms with van der Waals surface area (Å²) in [6.07, 6.45) is 1.46. The maximum absolute atomic E-state index is 11.0. The van der Waals surface area contributed by atoms with Gasteiger partial charge in [-0.1, -0.05) is 0 Å². The minimum Gasteiger partial charge on any atom is -0.466 e. The van der Waals surface area contributed by atoms with E-state index in [2.05, 4.69) is 51.9 Å². The Labute approximate surface area is 218 Å². The van der Waals surface area contributed by atoms with Crippen LogP contribution in [0.25, 0.3) is 0 Å². The Balaban J connectivity index is 0. The molecule has 9 nitrogen and oxygen atoms in total. The maximum atomic E-state index is 11.0. The summed E-state index contributed by atoms with van der Waals surface area (Å²) < 4.78 is 10.9. The lowest BCUT2D eigenvalue weighted by Gasteiger charge is -2.02. The van der Waals surface area contributed by atoms with E-state index >= 15 is 0 Å². The molecule has 0 amide bonds. The summed E-state index contributed by atoms with van der Waals surface area (Å²) in [5.41, 5.74) is 5.06. The Bertz CT molecular complexity index is 772. The van der Waals surface area contributed by atoms with Crippen LogP contribution >= 0.6 is 66.9 Å². The average molecular weight is 639 g/mol. The molecule has 0 radical (unpaired) electrons. The fourth-order valence-electron chi connectivity index (χ4n) is 1.66. The average Bonchev–Trinajstić information content (AvgIpc) is 3.35. The second-order valence-corrected chi connectivity index (χ2v) is 8.72. The van der Waals surface area contributed by atoms with Gasteiger partial charge in [-0.15, -0.1) is 35.1 Å². The summed E-state index contributed by atoms with van der Waals surface area (Å²) in [6, 6.07) is 0. The number of aldehydes is 1. The fraction of sp³-hybridized carbons (Fsp3) is 0.500. The molecule has 2 heterocycles. The normalized spacial score (nSPS) is 9.28. The Morgan fingerprint density at radius 1 is 1.06 bits per heavy atom. The Hall–Kier alpha value is -0.960. The minimum atomic E-state index is -0.213. The minimum absolute atomic E-state index is 0. The Morgan fingerprint density at radius 3 is 2.03 bits per heavy atom. The van der Waals surface area contributed by atoms with E-state index in [0.29, 0.717) is 50.7 Å². The third kappa shape index (κ3) is 18.6. The van der Waals surface area contributed by atoms with Crippen molar-refractivity contribution >= 4 is 85.2 Å². The molecule has 0 aliphatic heterocycles. The summed E-state index contributed by atoms with van der Waals surface area (Å²) in [5.74, 6) is -0.375. The summed E-state index contributed by atoms with van der Waals surface area (Å²) >= 11 is 9.30. The highest BCUT2D eigenvalue weighted by Crippen LogP contribution is 2.14. The van der Waals surface area contributed by atoms with Crippen LogP contribution in [0.15, 0.2) is 20.0 Å². The van der Waals surface area contributed by atoms with E-state index in [1.807, 2.05) is 5.38 Å². The molecule has 32 heavy (non-hydrogen) atoms. The van der Waals surface area contributed by atoms with E-state index in [1.165, 1.54) is 11.3 Å². The molecule has 3 N–H and O–H groups in total. The molecule has 0 saturated heterocycles.